The molecule has 11 nitrogen and oxygen atoms in total. The number of carboxylic acid groups (broad SMARTS) is 1. The van der Waals surface area contributed by atoms with Crippen LogP contribution in [0, 0.1) is 0 Å². The van der Waals surface area contributed by atoms with Crippen LogP contribution in [-0.2, 0) is 18.0 Å². The Labute approximate surface area is 204 Å². The summed E-state index contributed by atoms with van der Waals surface area (Å²) in [5, 5.41) is 20.3. The molecule has 2 atom stereocenters. The molecule has 1 aliphatic rings. The summed E-state index contributed by atoms with van der Waals surface area (Å²) in [6.45, 7) is 0. The molecule has 1 amide bonds. The van der Waals surface area contributed by atoms with Crippen molar-refractivity contribution in [3.63, 3.8) is 0 Å². The third-order valence-electron chi connectivity index (χ3n) is 5.46. The Hall–Kier alpha value is -3.89. The fourth-order valence-corrected chi connectivity index (χ4v) is 3.69. The Morgan fingerprint density at radius 1 is 1.11 bits per heavy atom. The summed E-state index contributed by atoms with van der Waals surface area (Å²) in [6.07, 6.45) is -1.90. The van der Waals surface area contributed by atoms with Gasteiger partial charge in [-0.1, -0.05) is 12.8 Å². The highest BCUT2D eigenvalue weighted by atomic mass is 19.4. The number of halogens is 6. The van der Waals surface area contributed by atoms with Crippen LogP contribution in [0.5, 0.6) is 0 Å². The number of aryl methyl sites for hydroxylation is 1. The van der Waals surface area contributed by atoms with Crippen LogP contribution in [0.15, 0.2) is 24.7 Å². The van der Waals surface area contributed by atoms with E-state index in [0.717, 1.165) is 38.9 Å². The highest BCUT2D eigenvalue weighted by Gasteiger charge is 2.39. The number of alkyl halides is 6. The SMILES string of the molecule is Cn1ncc(NC(=O)c2cnn3ccc(N[C@@H]4CCCC[C@@H]4N)nc23)c1C(F)(F)F.O=C(O)C(F)(F)F. The van der Waals surface area contributed by atoms with Gasteiger partial charge in [0.1, 0.15) is 11.4 Å². The number of nitrogens with two attached hydrogens (primary N) is 1. The molecule has 0 unspecified atom stereocenters. The number of carboxylic acids is 1. The van der Waals surface area contributed by atoms with Crippen LogP contribution in [0.2, 0.25) is 0 Å². The lowest BCUT2D eigenvalue weighted by Crippen LogP contribution is -2.42. The van der Waals surface area contributed by atoms with E-state index in [9.17, 15) is 31.1 Å². The molecular formula is C20H22F6N8O3. The zero-order valence-corrected chi connectivity index (χ0v) is 19.1. The molecule has 5 N–H and O–H groups in total. The molecule has 1 saturated carbocycles. The van der Waals surface area contributed by atoms with Gasteiger partial charge in [-0.05, 0) is 18.9 Å². The first-order valence-electron chi connectivity index (χ1n) is 10.8. The Kier molecular flexibility index (Phi) is 7.94. The van der Waals surface area contributed by atoms with Crippen LogP contribution in [0.3, 0.4) is 0 Å². The minimum atomic E-state index is -5.08. The van der Waals surface area contributed by atoms with Crippen LogP contribution in [-0.4, -0.2) is 59.6 Å². The van der Waals surface area contributed by atoms with Crippen molar-refractivity contribution < 1.29 is 41.0 Å². The van der Waals surface area contributed by atoms with E-state index < -0.39 is 35.6 Å². The lowest BCUT2D eigenvalue weighted by atomic mass is 9.91. The van der Waals surface area contributed by atoms with Gasteiger partial charge in [0.05, 0.1) is 18.1 Å². The number of carbonyl (C=O) groups is 2. The van der Waals surface area contributed by atoms with Crippen molar-refractivity contribution in [2.24, 2.45) is 12.8 Å². The second kappa shape index (κ2) is 10.6. The molecule has 0 spiro atoms. The molecule has 3 aromatic heterocycles. The van der Waals surface area contributed by atoms with E-state index in [-0.39, 0.29) is 23.3 Å². The van der Waals surface area contributed by atoms with Crippen molar-refractivity contribution in [2.45, 2.75) is 50.1 Å². The molecule has 37 heavy (non-hydrogen) atoms. The van der Waals surface area contributed by atoms with E-state index in [0.29, 0.717) is 10.5 Å². The highest BCUT2D eigenvalue weighted by molar-refractivity contribution is 6.08. The number of aromatic nitrogens is 5. The molecule has 0 radical (unpaired) electrons. The van der Waals surface area contributed by atoms with Gasteiger partial charge in [-0.3, -0.25) is 9.48 Å². The summed E-state index contributed by atoms with van der Waals surface area (Å²) in [5.41, 5.74) is 4.95. The number of hydrogen-bond acceptors (Lipinski definition) is 7. The van der Waals surface area contributed by atoms with Gasteiger partial charge in [-0.25, -0.2) is 14.3 Å². The average molecular weight is 536 g/mol. The molecule has 0 aliphatic heterocycles. The lowest BCUT2D eigenvalue weighted by Gasteiger charge is -2.29. The highest BCUT2D eigenvalue weighted by Crippen LogP contribution is 2.34. The Morgan fingerprint density at radius 2 is 1.76 bits per heavy atom. The summed E-state index contributed by atoms with van der Waals surface area (Å²) < 4.78 is 73.5. The second-order valence-corrected chi connectivity index (χ2v) is 8.12. The molecule has 3 heterocycles. The molecule has 0 aromatic carbocycles. The zero-order valence-electron chi connectivity index (χ0n) is 19.1. The van der Waals surface area contributed by atoms with Gasteiger partial charge in [0.25, 0.3) is 5.91 Å². The maximum atomic E-state index is 13.2. The Balaban J connectivity index is 0.000000479. The number of anilines is 2. The van der Waals surface area contributed by atoms with Gasteiger partial charge in [0.15, 0.2) is 11.3 Å². The number of carbonyl (C=O) groups excluding carboxylic acids is 1. The van der Waals surface area contributed by atoms with Gasteiger partial charge in [-0.2, -0.15) is 36.5 Å². The van der Waals surface area contributed by atoms with Crippen LogP contribution in [0.4, 0.5) is 37.8 Å². The number of aliphatic carboxylic acids is 1. The number of fused-ring (bicyclic) bond motifs is 1. The first kappa shape index (κ1) is 27.7. The molecule has 1 aliphatic carbocycles. The Bertz CT molecular complexity index is 1270. The van der Waals surface area contributed by atoms with E-state index in [1.54, 1.807) is 12.3 Å². The summed E-state index contributed by atoms with van der Waals surface area (Å²) in [7, 11) is 1.16. The predicted molar refractivity (Wildman–Crippen MR) is 117 cm³/mol. The maximum absolute atomic E-state index is 13.2. The number of hydrogen-bond donors (Lipinski definition) is 4. The van der Waals surface area contributed by atoms with Gasteiger partial charge >= 0.3 is 18.3 Å². The van der Waals surface area contributed by atoms with Gasteiger partial charge < -0.3 is 21.5 Å². The zero-order chi connectivity index (χ0) is 27.5. The minimum Gasteiger partial charge on any atom is -0.475 e. The number of rotatable bonds is 4. The topological polar surface area (TPSA) is 152 Å². The molecule has 17 heteroatoms. The third kappa shape index (κ3) is 6.66. The van der Waals surface area contributed by atoms with E-state index in [1.165, 1.54) is 10.7 Å². The fraction of sp³-hybridized carbons (Fsp3) is 0.450. The van der Waals surface area contributed by atoms with Crippen LogP contribution in [0.1, 0.15) is 41.7 Å². The van der Waals surface area contributed by atoms with Gasteiger partial charge in [-0.15, -0.1) is 0 Å². The lowest BCUT2D eigenvalue weighted by molar-refractivity contribution is -0.192. The van der Waals surface area contributed by atoms with Crippen molar-refractivity contribution in [1.29, 1.82) is 0 Å². The summed E-state index contributed by atoms with van der Waals surface area (Å²) in [5.74, 6) is -2.99. The van der Waals surface area contributed by atoms with E-state index in [4.69, 9.17) is 15.6 Å². The maximum Gasteiger partial charge on any atom is 0.490 e. The quantitative estimate of drug-likeness (QED) is 0.372. The third-order valence-corrected chi connectivity index (χ3v) is 5.46. The number of nitrogens with zero attached hydrogens (tertiary/aromatic N) is 5. The van der Waals surface area contributed by atoms with Crippen LogP contribution in [0.25, 0.3) is 5.65 Å². The first-order chi connectivity index (χ1) is 17.2. The Morgan fingerprint density at radius 3 is 2.35 bits per heavy atom. The first-order valence-corrected chi connectivity index (χ1v) is 10.8. The number of nitrogens with one attached hydrogen (secondary N) is 2. The molecule has 1 fully saturated rings. The van der Waals surface area contributed by atoms with Crippen LogP contribution < -0.4 is 16.4 Å². The predicted octanol–water partition coefficient (Wildman–Crippen LogP) is 3.05. The summed E-state index contributed by atoms with van der Waals surface area (Å²) in [4.78, 5) is 26.0. The van der Waals surface area contributed by atoms with Crippen LogP contribution >= 0.6 is 0 Å². The summed E-state index contributed by atoms with van der Waals surface area (Å²) >= 11 is 0. The van der Waals surface area contributed by atoms with Crippen molar-refractivity contribution >= 4 is 29.0 Å². The molecule has 4 rings (SSSR count). The monoisotopic (exact) mass is 536 g/mol. The van der Waals surface area contributed by atoms with Crippen molar-refractivity contribution in [2.75, 3.05) is 10.6 Å². The van der Waals surface area contributed by atoms with Gasteiger partial charge in [0.2, 0.25) is 0 Å². The molecule has 202 valence electrons. The van der Waals surface area contributed by atoms with Crippen molar-refractivity contribution in [1.82, 2.24) is 24.4 Å². The summed E-state index contributed by atoms with van der Waals surface area (Å²) in [6, 6.07) is 1.79. The van der Waals surface area contributed by atoms with Crippen molar-refractivity contribution in [3.05, 3.63) is 35.9 Å². The number of amides is 1. The second-order valence-electron chi connectivity index (χ2n) is 8.12. The largest absolute Gasteiger partial charge is 0.490 e. The fourth-order valence-electron chi connectivity index (χ4n) is 3.69. The van der Waals surface area contributed by atoms with E-state index in [2.05, 4.69) is 25.8 Å². The molecule has 3 aromatic rings. The van der Waals surface area contributed by atoms with Crippen molar-refractivity contribution in [3.8, 4) is 0 Å². The molecule has 0 saturated heterocycles. The average Bonchev–Trinajstić information content (AvgIpc) is 3.38. The smallest absolute Gasteiger partial charge is 0.475 e. The van der Waals surface area contributed by atoms with Gasteiger partial charge in [0, 0.05) is 25.3 Å². The molecular weight excluding hydrogens is 514 g/mol. The normalized spacial score (nSPS) is 18.2. The standard InChI is InChI=1S/C18H21F3N8O.C2HF3O2/c1-28-15(18(19,20)21)13(9-23-28)26-17(30)10-8-24-29-7-6-14(27-16(10)29)25-12-5-3-2-4-11(12)22;3-2(4,5)1(6)7/h6-9,11-12H,2-5,22H2,1H3,(H,25,27)(H,26,30);(H,6,7)/t11-,12+;/m0./s1. The van der Waals surface area contributed by atoms with E-state index in [1.807, 2.05) is 0 Å². The van der Waals surface area contributed by atoms with E-state index >= 15 is 0 Å². The molecule has 0 bridgehead atoms. The minimum absolute atomic E-state index is 0.0100.